The predicted molar refractivity (Wildman–Crippen MR) is 126 cm³/mol. The van der Waals surface area contributed by atoms with Gasteiger partial charge in [0.1, 0.15) is 5.82 Å². The van der Waals surface area contributed by atoms with Gasteiger partial charge in [0.2, 0.25) is 11.8 Å². The Bertz CT molecular complexity index is 1230. The van der Waals surface area contributed by atoms with E-state index in [4.69, 9.17) is 4.42 Å². The lowest BCUT2D eigenvalue weighted by Gasteiger charge is -2.35. The van der Waals surface area contributed by atoms with Crippen molar-refractivity contribution in [2.24, 2.45) is 0 Å². The van der Waals surface area contributed by atoms with Crippen LogP contribution in [0, 0.1) is 6.92 Å². The van der Waals surface area contributed by atoms with Crippen LogP contribution in [-0.4, -0.2) is 57.2 Å². The van der Waals surface area contributed by atoms with E-state index >= 15 is 0 Å². The van der Waals surface area contributed by atoms with Crippen LogP contribution < -0.4 is 10.2 Å². The van der Waals surface area contributed by atoms with Gasteiger partial charge in [0.05, 0.1) is 5.69 Å². The normalized spacial score (nSPS) is 14.4. The van der Waals surface area contributed by atoms with Crippen LogP contribution in [0.4, 0.5) is 10.9 Å². The Morgan fingerprint density at radius 3 is 2.76 bits per heavy atom. The molecule has 1 fully saturated rings. The van der Waals surface area contributed by atoms with Crippen LogP contribution >= 0.6 is 11.3 Å². The molecule has 5 rings (SSSR count). The predicted octanol–water partition coefficient (Wildman–Crippen LogP) is 3.47. The number of anilines is 2. The second kappa shape index (κ2) is 9.47. The summed E-state index contributed by atoms with van der Waals surface area (Å²) < 4.78 is 5.45. The number of pyridine rings is 1. The summed E-state index contributed by atoms with van der Waals surface area (Å²) in [5.74, 6) is 1.67. The number of nitrogens with one attached hydrogen (secondary N) is 1. The number of carbonyl (C=O) groups is 1. The zero-order valence-electron chi connectivity index (χ0n) is 18.1. The summed E-state index contributed by atoms with van der Waals surface area (Å²) in [7, 11) is 0. The Morgan fingerprint density at radius 1 is 1.12 bits per heavy atom. The van der Waals surface area contributed by atoms with Gasteiger partial charge in [0, 0.05) is 62.4 Å². The van der Waals surface area contributed by atoms with Gasteiger partial charge >= 0.3 is 0 Å². The van der Waals surface area contributed by atoms with Crippen LogP contribution in [-0.2, 0) is 6.54 Å². The third-order valence-electron chi connectivity index (χ3n) is 5.40. The third kappa shape index (κ3) is 5.07. The minimum absolute atomic E-state index is 0.224. The Hall–Kier alpha value is -3.63. The van der Waals surface area contributed by atoms with Crippen molar-refractivity contribution in [1.29, 1.82) is 0 Å². The van der Waals surface area contributed by atoms with Gasteiger partial charge in [0.15, 0.2) is 5.13 Å². The molecule has 0 atom stereocenters. The number of amides is 1. The molecule has 0 radical (unpaired) electrons. The lowest BCUT2D eigenvalue weighted by atomic mass is 10.1. The Morgan fingerprint density at radius 2 is 2.00 bits per heavy atom. The molecule has 9 nitrogen and oxygen atoms in total. The Labute approximate surface area is 195 Å². The molecule has 0 bridgehead atoms. The van der Waals surface area contributed by atoms with Gasteiger partial charge in [-0.1, -0.05) is 12.1 Å². The first-order valence-corrected chi connectivity index (χ1v) is 11.6. The van der Waals surface area contributed by atoms with E-state index in [2.05, 4.69) is 35.3 Å². The molecule has 1 aliphatic rings. The minimum Gasteiger partial charge on any atom is -0.421 e. The summed E-state index contributed by atoms with van der Waals surface area (Å²) in [6.45, 7) is 6.23. The van der Waals surface area contributed by atoms with Crippen LogP contribution in [0.25, 0.3) is 11.5 Å². The molecule has 0 spiro atoms. The van der Waals surface area contributed by atoms with Gasteiger partial charge in [-0.15, -0.1) is 21.5 Å². The van der Waals surface area contributed by atoms with Crippen LogP contribution in [0.3, 0.4) is 0 Å². The summed E-state index contributed by atoms with van der Waals surface area (Å²) in [6.07, 6.45) is 1.83. The number of aromatic nitrogens is 4. The summed E-state index contributed by atoms with van der Waals surface area (Å²) in [5.41, 5.74) is 2.16. The van der Waals surface area contributed by atoms with Gasteiger partial charge in [-0.05, 0) is 30.3 Å². The molecule has 0 saturated carbocycles. The Kier molecular flexibility index (Phi) is 6.09. The summed E-state index contributed by atoms with van der Waals surface area (Å²) in [4.78, 5) is 26.5. The molecular weight excluding hydrogens is 438 g/mol. The molecule has 0 unspecified atom stereocenters. The maximum absolute atomic E-state index is 12.7. The fraction of sp³-hybridized carbons (Fsp3) is 0.261. The first-order chi connectivity index (χ1) is 16.1. The SMILES string of the molecule is Cc1nnc(-c2cccc(C(=O)Nc3nc(CN4CCN(c5ccccn5)CC4)cs3)c2)o1. The number of hydrogen-bond donors (Lipinski definition) is 1. The van der Waals surface area contributed by atoms with Gasteiger partial charge in [0.25, 0.3) is 5.91 Å². The molecule has 168 valence electrons. The molecule has 3 aromatic heterocycles. The molecule has 0 aliphatic carbocycles. The van der Waals surface area contributed by atoms with Crippen molar-refractivity contribution in [3.63, 3.8) is 0 Å². The molecule has 1 N–H and O–H groups in total. The number of aryl methyl sites for hydroxylation is 1. The average molecular weight is 462 g/mol. The van der Waals surface area contributed by atoms with E-state index in [0.717, 1.165) is 44.2 Å². The molecule has 1 amide bonds. The fourth-order valence-corrected chi connectivity index (χ4v) is 4.41. The van der Waals surface area contributed by atoms with Crippen molar-refractivity contribution in [1.82, 2.24) is 25.1 Å². The van der Waals surface area contributed by atoms with E-state index < -0.39 is 0 Å². The highest BCUT2D eigenvalue weighted by Gasteiger charge is 2.19. The highest BCUT2D eigenvalue weighted by molar-refractivity contribution is 7.14. The number of piperazine rings is 1. The highest BCUT2D eigenvalue weighted by atomic mass is 32.1. The van der Waals surface area contributed by atoms with E-state index in [-0.39, 0.29) is 5.91 Å². The second-order valence-corrected chi connectivity index (χ2v) is 8.61. The largest absolute Gasteiger partial charge is 0.421 e. The van der Waals surface area contributed by atoms with E-state index in [0.29, 0.717) is 28.0 Å². The minimum atomic E-state index is -0.224. The van der Waals surface area contributed by atoms with Crippen molar-refractivity contribution in [3.05, 3.63) is 71.2 Å². The lowest BCUT2D eigenvalue weighted by Crippen LogP contribution is -2.46. The summed E-state index contributed by atoms with van der Waals surface area (Å²) >= 11 is 1.43. The fourth-order valence-electron chi connectivity index (χ4n) is 3.72. The van der Waals surface area contributed by atoms with Crippen molar-refractivity contribution in [2.75, 3.05) is 36.4 Å². The molecule has 1 aromatic carbocycles. The van der Waals surface area contributed by atoms with E-state index in [1.54, 1.807) is 25.1 Å². The number of hydrogen-bond acceptors (Lipinski definition) is 9. The van der Waals surface area contributed by atoms with E-state index in [1.807, 2.05) is 35.8 Å². The highest BCUT2D eigenvalue weighted by Crippen LogP contribution is 2.22. The number of thiazole rings is 1. The molecular formula is C23H23N7O2S. The number of carbonyl (C=O) groups excluding carboxylic acids is 1. The summed E-state index contributed by atoms with van der Waals surface area (Å²) in [6, 6.07) is 13.1. The van der Waals surface area contributed by atoms with Crippen molar-refractivity contribution >= 4 is 28.2 Å². The topological polar surface area (TPSA) is 100 Å². The van der Waals surface area contributed by atoms with Crippen LogP contribution in [0.15, 0.2) is 58.5 Å². The van der Waals surface area contributed by atoms with Crippen LogP contribution in [0.2, 0.25) is 0 Å². The second-order valence-electron chi connectivity index (χ2n) is 7.76. The van der Waals surface area contributed by atoms with E-state index in [9.17, 15) is 4.79 Å². The molecule has 4 aromatic rings. The van der Waals surface area contributed by atoms with Crippen molar-refractivity contribution in [2.45, 2.75) is 13.5 Å². The van der Waals surface area contributed by atoms with E-state index in [1.165, 1.54) is 11.3 Å². The maximum Gasteiger partial charge on any atom is 0.257 e. The van der Waals surface area contributed by atoms with Crippen LogP contribution in [0.1, 0.15) is 21.9 Å². The maximum atomic E-state index is 12.7. The number of benzene rings is 1. The molecule has 4 heterocycles. The standard InChI is InChI=1S/C23H23N7O2S/c1-16-27-28-22(32-16)18-6-4-5-17(13-18)21(31)26-23-25-19(15-33-23)14-29-9-11-30(12-10-29)20-7-2-3-8-24-20/h2-8,13,15H,9-12,14H2,1H3,(H,25,26,31). The monoisotopic (exact) mass is 461 g/mol. The van der Waals surface area contributed by atoms with Gasteiger partial charge < -0.3 is 9.32 Å². The van der Waals surface area contributed by atoms with Crippen LogP contribution in [0.5, 0.6) is 0 Å². The zero-order chi connectivity index (χ0) is 22.6. The molecule has 1 aliphatic heterocycles. The van der Waals surface area contributed by atoms with Gasteiger partial charge in [-0.3, -0.25) is 15.0 Å². The molecule has 33 heavy (non-hydrogen) atoms. The van der Waals surface area contributed by atoms with Crippen molar-refractivity contribution < 1.29 is 9.21 Å². The summed E-state index contributed by atoms with van der Waals surface area (Å²) in [5, 5.41) is 13.3. The smallest absolute Gasteiger partial charge is 0.257 e. The lowest BCUT2D eigenvalue weighted by molar-refractivity contribution is 0.102. The average Bonchev–Trinajstić information content (AvgIpc) is 3.49. The molecule has 10 heteroatoms. The van der Waals surface area contributed by atoms with Crippen molar-refractivity contribution in [3.8, 4) is 11.5 Å². The number of rotatable bonds is 6. The third-order valence-corrected chi connectivity index (χ3v) is 6.21. The molecule has 1 saturated heterocycles. The van der Waals surface area contributed by atoms with Gasteiger partial charge in [-0.25, -0.2) is 9.97 Å². The zero-order valence-corrected chi connectivity index (χ0v) is 19.0. The quantitative estimate of drug-likeness (QED) is 0.466. The Balaban J connectivity index is 1.17. The first-order valence-electron chi connectivity index (χ1n) is 10.7. The first kappa shape index (κ1) is 21.2. The number of nitrogens with zero attached hydrogens (tertiary/aromatic N) is 6. The van der Waals surface area contributed by atoms with Gasteiger partial charge in [-0.2, -0.15) is 0 Å².